The summed E-state index contributed by atoms with van der Waals surface area (Å²) in [6.07, 6.45) is -0.631. The third-order valence-electron chi connectivity index (χ3n) is 4.51. The molecule has 0 bridgehead atoms. The number of sulfonamides is 1. The van der Waals surface area contributed by atoms with E-state index in [-0.39, 0.29) is 43.2 Å². The Balaban J connectivity index is 2.18. The second-order valence-electron chi connectivity index (χ2n) is 7.69. The van der Waals surface area contributed by atoms with Gasteiger partial charge in [-0.25, -0.2) is 8.42 Å². The first kappa shape index (κ1) is 23.1. The van der Waals surface area contributed by atoms with Crippen LogP contribution < -0.4 is 4.72 Å². The Morgan fingerprint density at radius 3 is 2.45 bits per heavy atom. The number of carbonyl (C=O) groups is 2. The van der Waals surface area contributed by atoms with Crippen LogP contribution >= 0.6 is 0 Å². The van der Waals surface area contributed by atoms with Crippen molar-refractivity contribution < 1.29 is 27.9 Å². The molecule has 1 saturated heterocycles. The molecule has 0 aliphatic carbocycles. The topological polar surface area (TPSA) is 116 Å². The van der Waals surface area contributed by atoms with Crippen molar-refractivity contribution in [2.45, 2.75) is 26.0 Å². The molecule has 2 unspecified atom stereocenters. The van der Waals surface area contributed by atoms with Crippen LogP contribution in [0.25, 0.3) is 0 Å². The van der Waals surface area contributed by atoms with E-state index in [1.165, 1.54) is 9.80 Å². The van der Waals surface area contributed by atoms with E-state index >= 15 is 0 Å². The number of aliphatic hydroxyl groups is 1. The maximum absolute atomic E-state index is 12.2. The normalized spacial score (nSPS) is 20.1. The summed E-state index contributed by atoms with van der Waals surface area (Å²) in [7, 11) is -0.251. The van der Waals surface area contributed by atoms with Crippen LogP contribution in [-0.4, -0.2) is 80.8 Å². The molecule has 2 atom stereocenters. The Bertz CT molecular complexity index is 823. The zero-order valence-corrected chi connectivity index (χ0v) is 18.0. The summed E-state index contributed by atoms with van der Waals surface area (Å²) in [5.74, 6) is -0.605. The fourth-order valence-corrected chi connectivity index (χ4v) is 4.57. The number of ether oxygens (including phenoxy) is 1. The van der Waals surface area contributed by atoms with Crippen LogP contribution in [0.4, 0.5) is 5.69 Å². The first-order valence-electron chi connectivity index (χ1n) is 9.36. The van der Waals surface area contributed by atoms with E-state index in [1.807, 2.05) is 13.8 Å². The van der Waals surface area contributed by atoms with E-state index in [0.717, 1.165) is 0 Å². The van der Waals surface area contributed by atoms with Gasteiger partial charge < -0.3 is 19.6 Å². The SMILES string of the molecule is CC(C)CS(=O)(=O)Nc1ccc(C2OCC(=O)N(CC(=O)N(C)C)C2CO)cc1. The lowest BCUT2D eigenvalue weighted by Gasteiger charge is -2.40. The van der Waals surface area contributed by atoms with Crippen molar-refractivity contribution in [3.05, 3.63) is 29.8 Å². The molecule has 1 aliphatic heterocycles. The molecule has 1 aromatic rings. The predicted octanol–water partition coefficient (Wildman–Crippen LogP) is 0.433. The number of likely N-dealkylation sites (N-methyl/N-ethyl adjacent to an activating group) is 1. The van der Waals surface area contributed by atoms with Gasteiger partial charge in [-0.1, -0.05) is 26.0 Å². The number of benzene rings is 1. The van der Waals surface area contributed by atoms with Crippen LogP contribution in [0.2, 0.25) is 0 Å². The number of nitrogens with zero attached hydrogens (tertiary/aromatic N) is 2. The summed E-state index contributed by atoms with van der Waals surface area (Å²) >= 11 is 0. The number of carbonyl (C=O) groups excluding carboxylic acids is 2. The zero-order chi connectivity index (χ0) is 21.8. The largest absolute Gasteiger partial charge is 0.394 e. The number of nitrogens with one attached hydrogen (secondary N) is 1. The number of morpholine rings is 1. The van der Waals surface area contributed by atoms with Crippen molar-refractivity contribution in [3.8, 4) is 0 Å². The molecule has 9 nitrogen and oxygen atoms in total. The minimum Gasteiger partial charge on any atom is -0.394 e. The predicted molar refractivity (Wildman–Crippen MR) is 109 cm³/mol. The Morgan fingerprint density at radius 2 is 1.93 bits per heavy atom. The van der Waals surface area contributed by atoms with Crippen LogP contribution in [0.5, 0.6) is 0 Å². The molecule has 1 aliphatic rings. The molecule has 0 radical (unpaired) electrons. The van der Waals surface area contributed by atoms with Gasteiger partial charge in [0.2, 0.25) is 21.8 Å². The first-order chi connectivity index (χ1) is 13.5. The van der Waals surface area contributed by atoms with Crippen LogP contribution in [0.1, 0.15) is 25.5 Å². The van der Waals surface area contributed by atoms with Crippen molar-refractivity contribution in [2.24, 2.45) is 5.92 Å². The van der Waals surface area contributed by atoms with Crippen molar-refractivity contribution in [2.75, 3.05) is 44.3 Å². The van der Waals surface area contributed by atoms with Gasteiger partial charge in [-0.05, 0) is 23.6 Å². The van der Waals surface area contributed by atoms with E-state index in [2.05, 4.69) is 4.72 Å². The van der Waals surface area contributed by atoms with Gasteiger partial charge in [-0.3, -0.25) is 14.3 Å². The number of anilines is 1. The van der Waals surface area contributed by atoms with Crippen molar-refractivity contribution in [3.63, 3.8) is 0 Å². The highest BCUT2D eigenvalue weighted by Crippen LogP contribution is 2.30. The average molecular weight is 428 g/mol. The Hall–Kier alpha value is -2.17. The average Bonchev–Trinajstić information content (AvgIpc) is 2.62. The summed E-state index contributed by atoms with van der Waals surface area (Å²) in [5.41, 5.74) is 1.09. The fraction of sp³-hybridized carbons (Fsp3) is 0.579. The molecular formula is C19H29N3O6S. The van der Waals surface area contributed by atoms with Crippen LogP contribution in [-0.2, 0) is 24.3 Å². The van der Waals surface area contributed by atoms with Crippen LogP contribution in [0, 0.1) is 5.92 Å². The fourth-order valence-electron chi connectivity index (χ4n) is 3.11. The van der Waals surface area contributed by atoms with Gasteiger partial charge in [-0.15, -0.1) is 0 Å². The van der Waals surface area contributed by atoms with E-state index in [0.29, 0.717) is 11.3 Å². The molecule has 162 valence electrons. The summed E-state index contributed by atoms with van der Waals surface area (Å²) < 4.78 is 32.3. The highest BCUT2D eigenvalue weighted by atomic mass is 32.2. The summed E-state index contributed by atoms with van der Waals surface area (Å²) in [6, 6.07) is 5.86. The van der Waals surface area contributed by atoms with Crippen LogP contribution in [0.15, 0.2) is 24.3 Å². The number of amides is 2. The van der Waals surface area contributed by atoms with E-state index in [9.17, 15) is 23.1 Å². The lowest BCUT2D eigenvalue weighted by molar-refractivity contribution is -0.164. The minimum absolute atomic E-state index is 0.00104. The van der Waals surface area contributed by atoms with E-state index < -0.39 is 22.2 Å². The molecule has 2 N–H and O–H groups in total. The number of hydrogen-bond acceptors (Lipinski definition) is 6. The maximum Gasteiger partial charge on any atom is 0.249 e. The van der Waals surface area contributed by atoms with Crippen molar-refractivity contribution >= 4 is 27.5 Å². The van der Waals surface area contributed by atoms with E-state index in [4.69, 9.17) is 4.74 Å². The molecular weight excluding hydrogens is 398 g/mol. The standard InChI is InChI=1S/C19H29N3O6S/c1-13(2)12-29(26,27)20-15-7-5-14(6-8-15)19-16(10-23)22(18(25)11-28-19)9-17(24)21(3)4/h5-8,13,16,19-20,23H,9-12H2,1-4H3. The number of hydrogen-bond donors (Lipinski definition) is 2. The molecule has 1 fully saturated rings. The summed E-state index contributed by atoms with van der Waals surface area (Å²) in [5, 5.41) is 9.86. The minimum atomic E-state index is -3.44. The third-order valence-corrected chi connectivity index (χ3v) is 6.17. The van der Waals surface area contributed by atoms with Gasteiger partial charge in [0.15, 0.2) is 0 Å². The maximum atomic E-state index is 12.2. The smallest absolute Gasteiger partial charge is 0.249 e. The molecule has 0 spiro atoms. The summed E-state index contributed by atoms with van der Waals surface area (Å²) in [4.78, 5) is 27.0. The van der Waals surface area contributed by atoms with Gasteiger partial charge in [-0.2, -0.15) is 0 Å². The molecule has 10 heteroatoms. The molecule has 2 amide bonds. The molecule has 1 aromatic carbocycles. The highest BCUT2D eigenvalue weighted by molar-refractivity contribution is 7.92. The molecule has 2 rings (SSSR count). The molecule has 29 heavy (non-hydrogen) atoms. The number of aliphatic hydroxyl groups excluding tert-OH is 1. The van der Waals surface area contributed by atoms with Crippen molar-refractivity contribution in [1.29, 1.82) is 0 Å². The van der Waals surface area contributed by atoms with Gasteiger partial charge >= 0.3 is 0 Å². The molecule has 1 heterocycles. The second-order valence-corrected chi connectivity index (χ2v) is 9.46. The quantitative estimate of drug-likeness (QED) is 0.622. The van der Waals surface area contributed by atoms with Gasteiger partial charge in [0, 0.05) is 19.8 Å². The third kappa shape index (κ3) is 6.15. The first-order valence-corrected chi connectivity index (χ1v) is 11.0. The Morgan fingerprint density at radius 1 is 1.31 bits per heavy atom. The Labute approximate surface area is 171 Å². The second kappa shape index (κ2) is 9.55. The van der Waals surface area contributed by atoms with Gasteiger partial charge in [0.05, 0.1) is 18.4 Å². The molecule has 0 saturated carbocycles. The highest BCUT2D eigenvalue weighted by Gasteiger charge is 2.38. The van der Waals surface area contributed by atoms with E-state index in [1.54, 1.807) is 38.4 Å². The van der Waals surface area contributed by atoms with Gasteiger partial charge in [0.1, 0.15) is 19.3 Å². The number of rotatable bonds is 8. The van der Waals surface area contributed by atoms with Gasteiger partial charge in [0.25, 0.3) is 0 Å². The zero-order valence-electron chi connectivity index (χ0n) is 17.2. The molecule has 0 aromatic heterocycles. The van der Waals surface area contributed by atoms with Crippen LogP contribution in [0.3, 0.4) is 0 Å². The lowest BCUT2D eigenvalue weighted by Crippen LogP contribution is -2.55. The lowest BCUT2D eigenvalue weighted by atomic mass is 9.99. The monoisotopic (exact) mass is 427 g/mol. The Kier molecular flexibility index (Phi) is 7.61. The van der Waals surface area contributed by atoms with Crippen molar-refractivity contribution in [1.82, 2.24) is 9.80 Å². The summed E-state index contributed by atoms with van der Waals surface area (Å²) in [6.45, 7) is 2.92.